The molecule has 1 unspecified atom stereocenters. The molecule has 0 aliphatic rings. The minimum Gasteiger partial charge on any atom is -0.369 e. The lowest BCUT2D eigenvalue weighted by Crippen LogP contribution is -2.31. The van der Waals surface area contributed by atoms with E-state index in [0.29, 0.717) is 0 Å². The number of nitrogens with two attached hydrogens (primary N) is 1. The molecule has 2 heterocycles. The Hall–Kier alpha value is -1.95. The summed E-state index contributed by atoms with van der Waals surface area (Å²) in [5, 5.41) is 7.44. The molecule has 0 aliphatic heterocycles. The van der Waals surface area contributed by atoms with Gasteiger partial charge >= 0.3 is 0 Å². The summed E-state index contributed by atoms with van der Waals surface area (Å²) >= 11 is 0. The van der Waals surface area contributed by atoms with E-state index < -0.39 is 0 Å². The first-order chi connectivity index (χ1) is 8.49. The number of fused-ring (bicyclic) bond motifs is 1. The second-order valence-electron chi connectivity index (χ2n) is 4.42. The number of aryl methyl sites for hydroxylation is 2. The van der Waals surface area contributed by atoms with Crippen LogP contribution in [0.25, 0.3) is 5.65 Å². The normalized spacial score (nSPS) is 12.8. The lowest BCUT2D eigenvalue weighted by molar-refractivity contribution is -0.117. The fourth-order valence-electron chi connectivity index (χ4n) is 1.96. The highest BCUT2D eigenvalue weighted by Crippen LogP contribution is 2.17. The van der Waals surface area contributed by atoms with Crippen molar-refractivity contribution in [1.82, 2.24) is 19.9 Å². The lowest BCUT2D eigenvalue weighted by atomic mass is 10.1. The second-order valence-corrected chi connectivity index (χ2v) is 4.42. The smallest absolute Gasteiger partial charge is 0.231 e. The molecule has 6 heteroatoms. The van der Waals surface area contributed by atoms with Gasteiger partial charge in [-0.2, -0.15) is 5.10 Å². The molecular weight excluding hydrogens is 230 g/mol. The van der Waals surface area contributed by atoms with Crippen LogP contribution < -0.4 is 11.1 Å². The number of nitrogens with one attached hydrogen (secondary N) is 1. The van der Waals surface area contributed by atoms with Crippen molar-refractivity contribution in [3.63, 3.8) is 0 Å². The Morgan fingerprint density at radius 1 is 1.56 bits per heavy atom. The first kappa shape index (κ1) is 12.5. The van der Waals surface area contributed by atoms with Crippen LogP contribution in [0.5, 0.6) is 0 Å². The highest BCUT2D eigenvalue weighted by atomic mass is 16.1. The van der Waals surface area contributed by atoms with Crippen molar-refractivity contribution in [2.24, 2.45) is 5.73 Å². The predicted octanol–water partition coefficient (Wildman–Crippen LogP) is 0.482. The number of aromatic nitrogens is 3. The van der Waals surface area contributed by atoms with Gasteiger partial charge in [0.1, 0.15) is 0 Å². The van der Waals surface area contributed by atoms with Gasteiger partial charge in [0.25, 0.3) is 0 Å². The topological polar surface area (TPSA) is 85.3 Å². The van der Waals surface area contributed by atoms with E-state index in [2.05, 4.69) is 15.4 Å². The van der Waals surface area contributed by atoms with E-state index in [1.807, 2.05) is 37.5 Å². The summed E-state index contributed by atoms with van der Waals surface area (Å²) in [6, 6.07) is 1.93. The molecule has 2 aromatic rings. The highest BCUT2D eigenvalue weighted by molar-refractivity contribution is 5.75. The van der Waals surface area contributed by atoms with Crippen LogP contribution in [-0.4, -0.2) is 27.0 Å². The van der Waals surface area contributed by atoms with Gasteiger partial charge in [0.15, 0.2) is 5.65 Å². The SMILES string of the molecule is Cc1cc2ncc(C(C)NCC(N)=O)c(C)n2n1. The summed E-state index contributed by atoms with van der Waals surface area (Å²) < 4.78 is 1.81. The van der Waals surface area contributed by atoms with Gasteiger partial charge in [-0.25, -0.2) is 9.50 Å². The van der Waals surface area contributed by atoms with Crippen molar-refractivity contribution in [2.45, 2.75) is 26.8 Å². The molecule has 1 atom stereocenters. The molecule has 18 heavy (non-hydrogen) atoms. The van der Waals surface area contributed by atoms with Crippen LogP contribution in [0.4, 0.5) is 0 Å². The number of carbonyl (C=O) groups is 1. The standard InChI is InChI=1S/C12H17N5O/c1-7-4-12-15-5-10(9(3)17(12)16-7)8(2)14-6-11(13)18/h4-5,8,14H,6H2,1-3H3,(H2,13,18). The van der Waals surface area contributed by atoms with Crippen LogP contribution in [0, 0.1) is 13.8 Å². The average molecular weight is 247 g/mol. The summed E-state index contributed by atoms with van der Waals surface area (Å²) in [4.78, 5) is 15.1. The molecule has 96 valence electrons. The molecular formula is C12H17N5O. The Labute approximate surface area is 105 Å². The van der Waals surface area contributed by atoms with E-state index in [4.69, 9.17) is 5.73 Å². The zero-order valence-corrected chi connectivity index (χ0v) is 10.8. The van der Waals surface area contributed by atoms with Crippen LogP contribution in [0.3, 0.4) is 0 Å². The summed E-state index contributed by atoms with van der Waals surface area (Å²) in [5.41, 5.74) is 8.89. The summed E-state index contributed by atoms with van der Waals surface area (Å²) in [5.74, 6) is -0.372. The monoisotopic (exact) mass is 247 g/mol. The van der Waals surface area contributed by atoms with E-state index in [-0.39, 0.29) is 18.5 Å². The Bertz CT molecular complexity index is 589. The highest BCUT2D eigenvalue weighted by Gasteiger charge is 2.13. The molecule has 6 nitrogen and oxygen atoms in total. The van der Waals surface area contributed by atoms with Gasteiger partial charge in [-0.3, -0.25) is 4.79 Å². The van der Waals surface area contributed by atoms with Crippen molar-refractivity contribution in [3.05, 3.63) is 29.2 Å². The largest absolute Gasteiger partial charge is 0.369 e. The molecule has 0 radical (unpaired) electrons. The first-order valence-corrected chi connectivity index (χ1v) is 5.82. The lowest BCUT2D eigenvalue weighted by Gasteiger charge is -2.15. The second kappa shape index (κ2) is 4.73. The molecule has 2 rings (SSSR count). The fourth-order valence-corrected chi connectivity index (χ4v) is 1.96. The van der Waals surface area contributed by atoms with E-state index in [0.717, 1.165) is 22.6 Å². The predicted molar refractivity (Wildman–Crippen MR) is 68.1 cm³/mol. The number of carbonyl (C=O) groups excluding carboxylic acids is 1. The van der Waals surface area contributed by atoms with Crippen LogP contribution in [0.1, 0.15) is 29.9 Å². The van der Waals surface area contributed by atoms with E-state index >= 15 is 0 Å². The zero-order valence-electron chi connectivity index (χ0n) is 10.8. The van der Waals surface area contributed by atoms with Crippen LogP contribution >= 0.6 is 0 Å². The number of primary amides is 1. The van der Waals surface area contributed by atoms with Gasteiger partial charge in [-0.15, -0.1) is 0 Å². The van der Waals surface area contributed by atoms with Crippen molar-refractivity contribution in [1.29, 1.82) is 0 Å². The van der Waals surface area contributed by atoms with Crippen LogP contribution in [0.15, 0.2) is 12.3 Å². The summed E-state index contributed by atoms with van der Waals surface area (Å²) in [6.07, 6.45) is 1.81. The molecule has 0 bridgehead atoms. The molecule has 0 spiro atoms. The van der Waals surface area contributed by atoms with Gasteiger partial charge in [0.05, 0.1) is 12.2 Å². The molecule has 0 saturated carbocycles. The molecule has 0 aromatic carbocycles. The average Bonchev–Trinajstić information content (AvgIpc) is 2.68. The van der Waals surface area contributed by atoms with E-state index in [1.54, 1.807) is 0 Å². The maximum absolute atomic E-state index is 10.8. The molecule has 3 N–H and O–H groups in total. The van der Waals surface area contributed by atoms with Gasteiger partial charge in [-0.05, 0) is 20.8 Å². The minimum atomic E-state index is -0.372. The Morgan fingerprint density at radius 2 is 2.28 bits per heavy atom. The third kappa shape index (κ3) is 2.33. The Kier molecular flexibility index (Phi) is 3.29. The molecule has 0 aliphatic carbocycles. The minimum absolute atomic E-state index is 0.00101. The molecule has 0 saturated heterocycles. The summed E-state index contributed by atoms with van der Waals surface area (Å²) in [6.45, 7) is 6.04. The first-order valence-electron chi connectivity index (χ1n) is 5.82. The van der Waals surface area contributed by atoms with Crippen molar-refractivity contribution in [3.8, 4) is 0 Å². The van der Waals surface area contributed by atoms with Crippen molar-refractivity contribution < 1.29 is 4.79 Å². The van der Waals surface area contributed by atoms with E-state index in [9.17, 15) is 4.79 Å². The number of rotatable bonds is 4. The maximum atomic E-state index is 10.8. The van der Waals surface area contributed by atoms with Gasteiger partial charge in [0.2, 0.25) is 5.91 Å². The molecule has 1 amide bonds. The maximum Gasteiger partial charge on any atom is 0.231 e. The number of hydrogen-bond acceptors (Lipinski definition) is 4. The van der Waals surface area contributed by atoms with E-state index in [1.165, 1.54) is 0 Å². The van der Waals surface area contributed by atoms with Crippen LogP contribution in [-0.2, 0) is 4.79 Å². The molecule has 0 fully saturated rings. The van der Waals surface area contributed by atoms with Gasteiger partial charge in [0, 0.05) is 29.6 Å². The number of nitrogens with zero attached hydrogens (tertiary/aromatic N) is 3. The Balaban J connectivity index is 2.33. The van der Waals surface area contributed by atoms with Crippen LogP contribution in [0.2, 0.25) is 0 Å². The van der Waals surface area contributed by atoms with Gasteiger partial charge < -0.3 is 11.1 Å². The van der Waals surface area contributed by atoms with Crippen molar-refractivity contribution in [2.75, 3.05) is 6.54 Å². The Morgan fingerprint density at radius 3 is 2.94 bits per heavy atom. The summed E-state index contributed by atoms with van der Waals surface area (Å²) in [7, 11) is 0. The number of hydrogen-bond donors (Lipinski definition) is 2. The number of amides is 1. The van der Waals surface area contributed by atoms with Gasteiger partial charge in [-0.1, -0.05) is 0 Å². The zero-order chi connectivity index (χ0) is 13.3. The molecule has 2 aromatic heterocycles. The third-order valence-electron chi connectivity index (χ3n) is 2.93. The quantitative estimate of drug-likeness (QED) is 0.823. The van der Waals surface area contributed by atoms with Crippen molar-refractivity contribution >= 4 is 11.6 Å². The third-order valence-corrected chi connectivity index (χ3v) is 2.93. The fraction of sp³-hybridized carbons (Fsp3) is 0.417.